The maximum absolute atomic E-state index is 12.7. The summed E-state index contributed by atoms with van der Waals surface area (Å²) in [4.78, 5) is 0.265. The van der Waals surface area contributed by atoms with Gasteiger partial charge in [0, 0.05) is 5.69 Å². The average molecular weight is 324 g/mol. The van der Waals surface area contributed by atoms with Crippen LogP contribution in [0.2, 0.25) is 0 Å². The van der Waals surface area contributed by atoms with Crippen LogP contribution in [0.5, 0.6) is 0 Å². The van der Waals surface area contributed by atoms with Gasteiger partial charge in [-0.05, 0) is 42.5 Å². The number of rotatable bonds is 3. The van der Waals surface area contributed by atoms with Gasteiger partial charge in [0.2, 0.25) is 0 Å². The molecule has 0 amide bonds. The van der Waals surface area contributed by atoms with Crippen LogP contribution in [0.4, 0.5) is 18.9 Å². The topological polar surface area (TPSA) is 30.1 Å². The van der Waals surface area contributed by atoms with Crippen molar-refractivity contribution in [3.63, 3.8) is 0 Å². The van der Waals surface area contributed by atoms with Crippen molar-refractivity contribution in [3.8, 4) is 0 Å². The molecule has 0 atom stereocenters. The number of benzene rings is 2. The van der Waals surface area contributed by atoms with Crippen LogP contribution in [0, 0.1) is 4.84 Å². The Morgan fingerprint density at radius 2 is 1.86 bits per heavy atom. The molecule has 3 nitrogen and oxygen atoms in total. The minimum Gasteiger partial charge on any atom is -0.429 e. The number of alkyl halides is 3. The molecule has 0 spiro atoms. The highest BCUT2D eigenvalue weighted by Crippen LogP contribution is 2.30. The lowest BCUT2D eigenvalue weighted by molar-refractivity contribution is -0.137. The first kappa shape index (κ1) is 14.6. The van der Waals surface area contributed by atoms with Crippen LogP contribution in [-0.2, 0) is 12.8 Å². The zero-order valence-electron chi connectivity index (χ0n) is 11.2. The van der Waals surface area contributed by atoms with Crippen molar-refractivity contribution < 1.29 is 17.6 Å². The van der Waals surface area contributed by atoms with E-state index in [-0.39, 0.29) is 11.5 Å². The molecule has 0 bridgehead atoms. The Balaban J connectivity index is 1.86. The molecule has 1 N–H and O–H groups in total. The van der Waals surface area contributed by atoms with Crippen LogP contribution in [-0.4, -0.2) is 4.57 Å². The van der Waals surface area contributed by atoms with Gasteiger partial charge in [-0.3, -0.25) is 4.57 Å². The molecule has 0 fully saturated rings. The van der Waals surface area contributed by atoms with E-state index >= 15 is 0 Å². The van der Waals surface area contributed by atoms with E-state index in [1.54, 1.807) is 16.7 Å². The molecule has 0 aliphatic rings. The first-order chi connectivity index (χ1) is 10.4. The van der Waals surface area contributed by atoms with Gasteiger partial charge < -0.3 is 9.73 Å². The van der Waals surface area contributed by atoms with Crippen molar-refractivity contribution in [2.24, 2.45) is 0 Å². The molecular formula is C15H11F3N2OS. The van der Waals surface area contributed by atoms with Crippen molar-refractivity contribution in [1.29, 1.82) is 0 Å². The molecule has 1 aromatic heterocycles. The van der Waals surface area contributed by atoms with E-state index in [4.69, 9.17) is 16.6 Å². The van der Waals surface area contributed by atoms with Gasteiger partial charge in [-0.15, -0.1) is 0 Å². The highest BCUT2D eigenvalue weighted by molar-refractivity contribution is 7.71. The molecule has 0 unspecified atom stereocenters. The highest BCUT2D eigenvalue weighted by atomic mass is 32.1. The molecule has 3 rings (SSSR count). The fourth-order valence-electron chi connectivity index (χ4n) is 2.14. The number of nitrogens with zero attached hydrogens (tertiary/aromatic N) is 1. The van der Waals surface area contributed by atoms with Crippen LogP contribution < -0.4 is 5.32 Å². The third-order valence-electron chi connectivity index (χ3n) is 3.20. The molecule has 1 heterocycles. The zero-order chi connectivity index (χ0) is 15.7. The number of halogens is 3. The van der Waals surface area contributed by atoms with Crippen molar-refractivity contribution in [2.75, 3.05) is 5.32 Å². The van der Waals surface area contributed by atoms with Gasteiger partial charge in [0.25, 0.3) is 4.84 Å². The molecule has 0 saturated carbocycles. The summed E-state index contributed by atoms with van der Waals surface area (Å²) in [5, 5.41) is 2.93. The lowest BCUT2D eigenvalue weighted by Crippen LogP contribution is -2.09. The second-order valence-corrected chi connectivity index (χ2v) is 5.03. The number of nitrogens with one attached hydrogen (secondary N) is 1. The summed E-state index contributed by atoms with van der Waals surface area (Å²) in [6.45, 7) is 0.219. The average Bonchev–Trinajstić information content (AvgIpc) is 2.80. The molecule has 0 aliphatic heterocycles. The largest absolute Gasteiger partial charge is 0.429 e. The molecule has 22 heavy (non-hydrogen) atoms. The predicted octanol–water partition coefficient (Wildman–Crippen LogP) is 5.05. The first-order valence-corrected chi connectivity index (χ1v) is 6.85. The second-order valence-electron chi connectivity index (χ2n) is 4.68. The second kappa shape index (κ2) is 5.49. The SMILES string of the molecule is FC(F)(F)c1cccc(NCn2c(=S)oc3ccccc32)c1. The van der Waals surface area contributed by atoms with E-state index in [0.29, 0.717) is 11.3 Å². The standard InChI is InChI=1S/C15H11F3N2OS/c16-15(17,18)10-4-3-5-11(8-10)19-9-20-12-6-1-2-7-13(12)21-14(20)22/h1-8,19H,9H2. The van der Waals surface area contributed by atoms with E-state index in [2.05, 4.69) is 5.32 Å². The Morgan fingerprint density at radius 3 is 2.64 bits per heavy atom. The highest BCUT2D eigenvalue weighted by Gasteiger charge is 2.30. The number of oxazole rings is 1. The van der Waals surface area contributed by atoms with Crippen molar-refractivity contribution in [2.45, 2.75) is 12.8 Å². The Kier molecular flexibility index (Phi) is 3.66. The molecular weight excluding hydrogens is 313 g/mol. The quantitative estimate of drug-likeness (QED) is 0.684. The Labute approximate surface area is 129 Å². The minimum atomic E-state index is -4.36. The number of hydrogen-bond donors (Lipinski definition) is 1. The summed E-state index contributed by atoms with van der Waals surface area (Å²) in [6, 6.07) is 12.3. The van der Waals surface area contributed by atoms with Crippen molar-refractivity contribution in [1.82, 2.24) is 4.57 Å². The summed E-state index contributed by atoms with van der Waals surface area (Å²) in [5.74, 6) is 0. The van der Waals surface area contributed by atoms with Crippen LogP contribution in [0.1, 0.15) is 5.56 Å². The fraction of sp³-hybridized carbons (Fsp3) is 0.133. The Bertz CT molecular complexity index is 867. The predicted molar refractivity (Wildman–Crippen MR) is 80.1 cm³/mol. The smallest absolute Gasteiger partial charge is 0.416 e. The molecule has 7 heteroatoms. The third-order valence-corrected chi connectivity index (χ3v) is 3.51. The van der Waals surface area contributed by atoms with Crippen LogP contribution in [0.3, 0.4) is 0 Å². The summed E-state index contributed by atoms with van der Waals surface area (Å²) in [5.41, 5.74) is 1.09. The van der Waals surface area contributed by atoms with E-state index < -0.39 is 11.7 Å². The summed E-state index contributed by atoms with van der Waals surface area (Å²) < 4.78 is 45.2. The maximum Gasteiger partial charge on any atom is 0.416 e. The Morgan fingerprint density at radius 1 is 1.09 bits per heavy atom. The van der Waals surface area contributed by atoms with Crippen molar-refractivity contribution >= 4 is 29.0 Å². The van der Waals surface area contributed by atoms with Gasteiger partial charge in [0.1, 0.15) is 0 Å². The lowest BCUT2D eigenvalue weighted by Gasteiger charge is -2.11. The van der Waals surface area contributed by atoms with E-state index in [1.165, 1.54) is 6.07 Å². The van der Waals surface area contributed by atoms with Crippen LogP contribution in [0.15, 0.2) is 52.9 Å². The fourth-order valence-corrected chi connectivity index (χ4v) is 2.39. The van der Waals surface area contributed by atoms with Crippen LogP contribution >= 0.6 is 12.2 Å². The maximum atomic E-state index is 12.7. The number of aromatic nitrogens is 1. The molecule has 0 saturated heterocycles. The number of fused-ring (bicyclic) bond motifs is 1. The molecule has 2 aromatic carbocycles. The molecule has 114 valence electrons. The molecule has 0 radical (unpaired) electrons. The normalized spacial score (nSPS) is 11.8. The third kappa shape index (κ3) is 2.85. The Hall–Kier alpha value is -2.28. The zero-order valence-corrected chi connectivity index (χ0v) is 12.0. The van der Waals surface area contributed by atoms with Crippen molar-refractivity contribution in [3.05, 3.63) is 58.9 Å². The number of anilines is 1. The van der Waals surface area contributed by atoms with Gasteiger partial charge in [0.15, 0.2) is 5.58 Å². The van der Waals surface area contributed by atoms with E-state index in [0.717, 1.165) is 17.6 Å². The summed E-state index contributed by atoms with van der Waals surface area (Å²) >= 11 is 5.13. The van der Waals surface area contributed by atoms with Gasteiger partial charge in [-0.25, -0.2) is 0 Å². The molecule has 3 aromatic rings. The summed E-state index contributed by atoms with van der Waals surface area (Å²) in [6.07, 6.45) is -4.36. The number of hydrogen-bond acceptors (Lipinski definition) is 3. The van der Waals surface area contributed by atoms with Gasteiger partial charge >= 0.3 is 6.18 Å². The van der Waals surface area contributed by atoms with E-state index in [1.807, 2.05) is 18.2 Å². The lowest BCUT2D eigenvalue weighted by atomic mass is 10.2. The van der Waals surface area contributed by atoms with Crippen LogP contribution in [0.25, 0.3) is 11.1 Å². The van der Waals surface area contributed by atoms with Gasteiger partial charge in [-0.1, -0.05) is 18.2 Å². The number of para-hydroxylation sites is 2. The summed E-state index contributed by atoms with van der Waals surface area (Å²) in [7, 11) is 0. The van der Waals surface area contributed by atoms with Gasteiger partial charge in [0.05, 0.1) is 17.7 Å². The minimum absolute atomic E-state index is 0.219. The first-order valence-electron chi connectivity index (χ1n) is 6.45. The van der Waals surface area contributed by atoms with Gasteiger partial charge in [-0.2, -0.15) is 13.2 Å². The monoisotopic (exact) mass is 324 g/mol. The molecule has 0 aliphatic carbocycles. The van der Waals surface area contributed by atoms with E-state index in [9.17, 15) is 13.2 Å².